The van der Waals surface area contributed by atoms with Crippen LogP contribution in [0, 0.1) is 0 Å². The molecule has 2 aromatic rings. The van der Waals surface area contributed by atoms with E-state index in [2.05, 4.69) is 29.7 Å². The van der Waals surface area contributed by atoms with Gasteiger partial charge in [0.15, 0.2) is 0 Å². The van der Waals surface area contributed by atoms with Crippen LogP contribution in [0.15, 0.2) is 54.6 Å². The average Bonchev–Trinajstić information content (AvgIpc) is 2.62. The summed E-state index contributed by atoms with van der Waals surface area (Å²) in [6.45, 7) is 3.34. The zero-order valence-electron chi connectivity index (χ0n) is 14.3. The molecular formula is C20H26N2O2. The summed E-state index contributed by atoms with van der Waals surface area (Å²) >= 11 is 0. The molecule has 0 radical (unpaired) electrons. The Morgan fingerprint density at radius 3 is 2.46 bits per heavy atom. The third kappa shape index (κ3) is 6.73. The molecule has 4 nitrogen and oxygen atoms in total. The first-order valence-electron chi connectivity index (χ1n) is 8.59. The molecule has 0 aliphatic carbocycles. The molecule has 2 rings (SSSR count). The number of anilines is 1. The highest BCUT2D eigenvalue weighted by atomic mass is 16.5. The fraction of sp³-hybridized carbons (Fsp3) is 0.350. The Labute approximate surface area is 144 Å². The predicted octanol–water partition coefficient (Wildman–Crippen LogP) is 4.62. The molecule has 24 heavy (non-hydrogen) atoms. The van der Waals surface area contributed by atoms with Gasteiger partial charge in [-0.2, -0.15) is 0 Å². The van der Waals surface area contributed by atoms with E-state index in [1.807, 2.05) is 42.5 Å². The third-order valence-corrected chi connectivity index (χ3v) is 3.65. The topological polar surface area (TPSA) is 50.4 Å². The van der Waals surface area contributed by atoms with Crippen molar-refractivity contribution in [3.05, 3.63) is 60.2 Å². The SMILES string of the molecule is CCCCc1ccc(NC(=O)NCCCOc2ccccc2)cc1. The summed E-state index contributed by atoms with van der Waals surface area (Å²) in [5.41, 5.74) is 2.12. The van der Waals surface area contributed by atoms with Crippen LogP contribution in [-0.4, -0.2) is 19.2 Å². The maximum atomic E-state index is 11.8. The predicted molar refractivity (Wildman–Crippen MR) is 98.6 cm³/mol. The lowest BCUT2D eigenvalue weighted by Crippen LogP contribution is -2.30. The number of nitrogens with one attached hydrogen (secondary N) is 2. The summed E-state index contributed by atoms with van der Waals surface area (Å²) in [5.74, 6) is 0.852. The van der Waals surface area contributed by atoms with Crippen LogP contribution in [0.1, 0.15) is 31.7 Å². The number of carbonyl (C=O) groups is 1. The number of urea groups is 1. The van der Waals surface area contributed by atoms with Gasteiger partial charge in [0, 0.05) is 12.2 Å². The Balaban J connectivity index is 1.60. The van der Waals surface area contributed by atoms with Crippen LogP contribution < -0.4 is 15.4 Å². The largest absolute Gasteiger partial charge is 0.494 e. The number of benzene rings is 2. The van der Waals surface area contributed by atoms with Crippen molar-refractivity contribution >= 4 is 11.7 Å². The number of para-hydroxylation sites is 1. The molecule has 0 unspecified atom stereocenters. The van der Waals surface area contributed by atoms with Crippen molar-refractivity contribution < 1.29 is 9.53 Å². The van der Waals surface area contributed by atoms with E-state index in [0.29, 0.717) is 13.2 Å². The summed E-state index contributed by atoms with van der Waals surface area (Å²) in [7, 11) is 0. The number of ether oxygens (including phenoxy) is 1. The van der Waals surface area contributed by atoms with Crippen molar-refractivity contribution in [3.63, 3.8) is 0 Å². The minimum absolute atomic E-state index is 0.184. The number of hydrogen-bond donors (Lipinski definition) is 2. The van der Waals surface area contributed by atoms with E-state index in [1.54, 1.807) is 0 Å². The summed E-state index contributed by atoms with van der Waals surface area (Å²) in [6, 6.07) is 17.5. The second-order valence-electron chi connectivity index (χ2n) is 5.70. The molecule has 0 saturated heterocycles. The Kier molecular flexibility index (Phi) is 7.68. The van der Waals surface area contributed by atoms with Gasteiger partial charge in [-0.25, -0.2) is 4.79 Å². The first-order valence-corrected chi connectivity index (χ1v) is 8.59. The van der Waals surface area contributed by atoms with Gasteiger partial charge in [0.05, 0.1) is 6.61 Å². The van der Waals surface area contributed by atoms with Crippen LogP contribution in [0.25, 0.3) is 0 Å². The van der Waals surface area contributed by atoms with E-state index in [0.717, 1.165) is 24.3 Å². The average molecular weight is 326 g/mol. The van der Waals surface area contributed by atoms with Gasteiger partial charge in [-0.05, 0) is 49.1 Å². The van der Waals surface area contributed by atoms with Crippen molar-refractivity contribution in [3.8, 4) is 5.75 Å². The van der Waals surface area contributed by atoms with Crippen LogP contribution in [0.2, 0.25) is 0 Å². The summed E-state index contributed by atoms with van der Waals surface area (Å²) in [5, 5.41) is 5.68. The molecule has 2 amide bonds. The number of amides is 2. The van der Waals surface area contributed by atoms with Crippen LogP contribution in [-0.2, 0) is 6.42 Å². The Morgan fingerprint density at radius 1 is 1.00 bits per heavy atom. The van der Waals surface area contributed by atoms with Crippen LogP contribution in [0.3, 0.4) is 0 Å². The van der Waals surface area contributed by atoms with E-state index in [1.165, 1.54) is 18.4 Å². The van der Waals surface area contributed by atoms with E-state index < -0.39 is 0 Å². The summed E-state index contributed by atoms with van der Waals surface area (Å²) < 4.78 is 5.58. The lowest BCUT2D eigenvalue weighted by molar-refractivity contribution is 0.250. The molecule has 0 spiro atoms. The van der Waals surface area contributed by atoms with Crippen LogP contribution in [0.4, 0.5) is 10.5 Å². The van der Waals surface area contributed by atoms with Crippen LogP contribution in [0.5, 0.6) is 5.75 Å². The molecule has 0 bridgehead atoms. The van der Waals surface area contributed by atoms with Gasteiger partial charge in [0.1, 0.15) is 5.75 Å². The number of carbonyl (C=O) groups excluding carboxylic acids is 1. The Morgan fingerprint density at radius 2 is 1.75 bits per heavy atom. The fourth-order valence-electron chi connectivity index (χ4n) is 2.29. The minimum Gasteiger partial charge on any atom is -0.494 e. The molecule has 128 valence electrons. The van der Waals surface area contributed by atoms with Crippen LogP contribution >= 0.6 is 0 Å². The van der Waals surface area contributed by atoms with Gasteiger partial charge in [-0.3, -0.25) is 0 Å². The molecule has 2 N–H and O–H groups in total. The van der Waals surface area contributed by atoms with Crippen molar-refractivity contribution in [1.29, 1.82) is 0 Å². The maximum absolute atomic E-state index is 11.8. The van der Waals surface area contributed by atoms with Crippen molar-refractivity contribution in [2.24, 2.45) is 0 Å². The standard InChI is InChI=1S/C20H26N2O2/c1-2-3-8-17-11-13-18(14-12-17)22-20(23)21-15-7-16-24-19-9-5-4-6-10-19/h4-6,9-14H,2-3,7-8,15-16H2,1H3,(H2,21,22,23). The number of rotatable bonds is 9. The lowest BCUT2D eigenvalue weighted by atomic mass is 10.1. The quantitative estimate of drug-likeness (QED) is 0.661. The van der Waals surface area contributed by atoms with E-state index >= 15 is 0 Å². The van der Waals surface area contributed by atoms with Gasteiger partial charge >= 0.3 is 6.03 Å². The Bertz CT molecular complexity index is 597. The zero-order chi connectivity index (χ0) is 17.0. The molecule has 0 aromatic heterocycles. The van der Waals surface area contributed by atoms with Crippen molar-refractivity contribution in [2.75, 3.05) is 18.5 Å². The first kappa shape index (κ1) is 17.9. The number of hydrogen-bond acceptors (Lipinski definition) is 2. The molecule has 0 saturated carbocycles. The highest BCUT2D eigenvalue weighted by Gasteiger charge is 2.01. The van der Waals surface area contributed by atoms with E-state index in [9.17, 15) is 4.79 Å². The van der Waals surface area contributed by atoms with E-state index in [4.69, 9.17) is 4.74 Å². The molecule has 2 aromatic carbocycles. The van der Waals surface area contributed by atoms with E-state index in [-0.39, 0.29) is 6.03 Å². The zero-order valence-corrected chi connectivity index (χ0v) is 14.3. The molecule has 0 aliphatic rings. The van der Waals surface area contributed by atoms with Gasteiger partial charge in [-0.15, -0.1) is 0 Å². The van der Waals surface area contributed by atoms with Gasteiger partial charge in [0.2, 0.25) is 0 Å². The first-order chi connectivity index (χ1) is 11.8. The Hall–Kier alpha value is -2.49. The third-order valence-electron chi connectivity index (χ3n) is 3.65. The second kappa shape index (κ2) is 10.3. The summed E-state index contributed by atoms with van der Waals surface area (Å²) in [6.07, 6.45) is 4.23. The lowest BCUT2D eigenvalue weighted by Gasteiger charge is -2.09. The monoisotopic (exact) mass is 326 g/mol. The summed E-state index contributed by atoms with van der Waals surface area (Å²) in [4.78, 5) is 11.8. The molecule has 0 heterocycles. The molecule has 4 heteroatoms. The van der Waals surface area contributed by atoms with Crippen molar-refractivity contribution in [2.45, 2.75) is 32.6 Å². The normalized spacial score (nSPS) is 10.2. The highest BCUT2D eigenvalue weighted by Crippen LogP contribution is 2.11. The second-order valence-corrected chi connectivity index (χ2v) is 5.70. The minimum atomic E-state index is -0.184. The fourth-order valence-corrected chi connectivity index (χ4v) is 2.29. The van der Waals surface area contributed by atoms with Gasteiger partial charge in [-0.1, -0.05) is 43.7 Å². The molecule has 0 fully saturated rings. The number of unbranched alkanes of at least 4 members (excludes halogenated alkanes) is 1. The smallest absolute Gasteiger partial charge is 0.319 e. The maximum Gasteiger partial charge on any atom is 0.319 e. The van der Waals surface area contributed by atoms with Crippen molar-refractivity contribution in [1.82, 2.24) is 5.32 Å². The molecule has 0 aliphatic heterocycles. The van der Waals surface area contributed by atoms with Gasteiger partial charge < -0.3 is 15.4 Å². The highest BCUT2D eigenvalue weighted by molar-refractivity contribution is 5.89. The van der Waals surface area contributed by atoms with Gasteiger partial charge in [0.25, 0.3) is 0 Å². The molecular weight excluding hydrogens is 300 g/mol. The number of aryl methyl sites for hydroxylation is 1. The molecule has 0 atom stereocenters.